The number of hydrogen-bond donors (Lipinski definition) is 0. The lowest BCUT2D eigenvalue weighted by Crippen LogP contribution is -2.28. The van der Waals surface area contributed by atoms with Crippen molar-refractivity contribution in [3.8, 4) is 0 Å². The largest absolute Gasteiger partial charge is 0.466 e. The van der Waals surface area contributed by atoms with Gasteiger partial charge in [-0.2, -0.15) is 0 Å². The van der Waals surface area contributed by atoms with Crippen molar-refractivity contribution >= 4 is 58.8 Å². The average Bonchev–Trinajstić information content (AvgIpc) is 3.31. The Labute approximate surface area is 392 Å². The fraction of sp³-hybridized carbons (Fsp3) is 0.321. The minimum Gasteiger partial charge on any atom is -0.466 e. The maximum Gasteiger partial charge on any atom is 0.331 e. The number of ether oxygens (including phenoxy) is 4. The van der Waals surface area contributed by atoms with E-state index < -0.39 is 24.1 Å². The molecule has 9 nitrogen and oxygen atoms in total. The first-order chi connectivity index (χ1) is 31.5. The summed E-state index contributed by atoms with van der Waals surface area (Å²) in [5, 5.41) is 3.40. The van der Waals surface area contributed by atoms with E-state index in [1.165, 1.54) is 31.4 Å². The van der Waals surface area contributed by atoms with E-state index in [-0.39, 0.29) is 42.6 Å². The number of aryl methyl sites for hydroxylation is 2. The molecule has 10 heteroatoms. The third kappa shape index (κ3) is 20.2. The van der Waals surface area contributed by atoms with Crippen LogP contribution in [0.2, 0.25) is 0 Å². The fourth-order valence-corrected chi connectivity index (χ4v) is 10.5. The SMILES string of the molecule is CC(C)(C)OC(=O)C[C@H](C=O)CCc1ccccc1.COC(=O)/C=C/[C@H](CCc1ccccc1)CC(=O)OC(C)(C)C.COC(=O)C=P(c1ccccc1)(c1ccccc1)c1ccccc1. The van der Waals surface area contributed by atoms with Crippen LogP contribution in [0.1, 0.15) is 78.4 Å². The summed E-state index contributed by atoms with van der Waals surface area (Å²) in [6.07, 6.45) is 7.44. The number of hydrogen-bond acceptors (Lipinski definition) is 9. The third-order valence-corrected chi connectivity index (χ3v) is 13.8. The van der Waals surface area contributed by atoms with Crippen LogP contribution in [-0.4, -0.2) is 61.4 Å². The van der Waals surface area contributed by atoms with Crippen LogP contribution in [0.25, 0.3) is 0 Å². The molecule has 5 aromatic carbocycles. The van der Waals surface area contributed by atoms with E-state index in [0.717, 1.165) is 41.5 Å². The van der Waals surface area contributed by atoms with Crippen LogP contribution < -0.4 is 15.9 Å². The number of rotatable bonds is 17. The molecule has 350 valence electrons. The van der Waals surface area contributed by atoms with Gasteiger partial charge in [0, 0.05) is 17.8 Å². The Hall–Kier alpha value is -6.31. The van der Waals surface area contributed by atoms with Crippen LogP contribution in [0.4, 0.5) is 0 Å². The minimum atomic E-state index is -2.23. The average molecular weight is 915 g/mol. The second-order valence-corrected chi connectivity index (χ2v) is 20.8. The molecular weight excluding hydrogens is 848 g/mol. The van der Waals surface area contributed by atoms with Gasteiger partial charge in [-0.25, -0.2) is 9.59 Å². The van der Waals surface area contributed by atoms with Gasteiger partial charge in [-0.15, -0.1) is 0 Å². The lowest BCUT2D eigenvalue weighted by molar-refractivity contribution is -0.157. The standard InChI is InChI=1S/C21H19O2P.C19H26O4.C16H22O3/c1-23-21(22)17-24(18-11-5-2-6-12-18,19-13-7-3-8-14-19)20-15-9-4-10-16-20;1-19(2,3)23-18(21)14-16(12-13-17(20)22-4)11-10-15-8-6-5-7-9-15;1-16(2,3)19-15(18)11-14(12-17)10-9-13-7-5-4-6-8-13/h2-17H,1H3;5-9,12-13,16H,10-11,14H2,1-4H3;4-8,12,14H,9-11H2,1-3H3/b;13-12+;/t;16-;14-/m.01/s1. The van der Waals surface area contributed by atoms with Crippen molar-refractivity contribution in [2.75, 3.05) is 14.2 Å². The molecule has 0 aliphatic carbocycles. The van der Waals surface area contributed by atoms with Crippen LogP contribution in [0.15, 0.2) is 164 Å². The quantitative estimate of drug-likeness (QED) is 0.0295. The van der Waals surface area contributed by atoms with Crippen molar-refractivity contribution in [1.29, 1.82) is 0 Å². The maximum atomic E-state index is 12.3. The molecule has 0 aromatic heterocycles. The van der Waals surface area contributed by atoms with Gasteiger partial charge in [0.1, 0.15) is 17.5 Å². The van der Waals surface area contributed by atoms with Gasteiger partial charge < -0.3 is 23.7 Å². The fourth-order valence-electron chi connectivity index (χ4n) is 6.83. The highest BCUT2D eigenvalue weighted by atomic mass is 31.2. The molecule has 0 spiro atoms. The molecule has 0 radical (unpaired) electrons. The number of esters is 4. The van der Waals surface area contributed by atoms with Crippen LogP contribution in [0, 0.1) is 11.8 Å². The molecule has 0 aliphatic heterocycles. The number of aldehydes is 1. The summed E-state index contributed by atoms with van der Waals surface area (Å²) in [4.78, 5) is 58.3. The molecule has 0 fully saturated rings. The van der Waals surface area contributed by atoms with Gasteiger partial charge in [0.2, 0.25) is 0 Å². The first-order valence-corrected chi connectivity index (χ1v) is 24.1. The molecule has 0 unspecified atom stereocenters. The number of benzene rings is 5. The zero-order chi connectivity index (χ0) is 48.4. The number of allylic oxidation sites excluding steroid dienone is 1. The zero-order valence-corrected chi connectivity index (χ0v) is 40.7. The lowest BCUT2D eigenvalue weighted by Gasteiger charge is -2.28. The molecular formula is C56H67O9P. The highest BCUT2D eigenvalue weighted by Gasteiger charge is 2.27. The molecule has 66 heavy (non-hydrogen) atoms. The molecule has 5 aromatic rings. The van der Waals surface area contributed by atoms with E-state index in [0.29, 0.717) is 6.42 Å². The topological polar surface area (TPSA) is 122 Å². The Morgan fingerprint density at radius 3 is 1.17 bits per heavy atom. The van der Waals surface area contributed by atoms with E-state index >= 15 is 0 Å². The molecule has 0 aliphatic rings. The minimum absolute atomic E-state index is 0.0656. The molecule has 5 rings (SSSR count). The second kappa shape index (κ2) is 27.9. The van der Waals surface area contributed by atoms with E-state index in [2.05, 4.69) is 53.3 Å². The Balaban J connectivity index is 0.000000265. The highest BCUT2D eigenvalue weighted by molar-refractivity contribution is 7.95. The molecule has 0 N–H and O–H groups in total. The van der Waals surface area contributed by atoms with Crippen molar-refractivity contribution in [2.45, 2.75) is 91.3 Å². The first kappa shape index (κ1) is 54.0. The number of methoxy groups -OCH3 is 2. The van der Waals surface area contributed by atoms with Crippen LogP contribution in [-0.2, 0) is 55.8 Å². The Morgan fingerprint density at radius 2 is 0.833 bits per heavy atom. The molecule has 0 heterocycles. The first-order valence-electron chi connectivity index (χ1n) is 22.2. The van der Waals surface area contributed by atoms with Gasteiger partial charge in [-0.3, -0.25) is 9.59 Å². The van der Waals surface area contributed by atoms with Gasteiger partial charge in [0.15, 0.2) is 0 Å². The third-order valence-electron chi connectivity index (χ3n) is 9.88. The van der Waals surface area contributed by atoms with Crippen LogP contribution in [0.5, 0.6) is 0 Å². The smallest absolute Gasteiger partial charge is 0.331 e. The molecule has 2 atom stereocenters. The monoisotopic (exact) mass is 914 g/mol. The highest BCUT2D eigenvalue weighted by Crippen LogP contribution is 2.43. The van der Waals surface area contributed by atoms with Gasteiger partial charge in [0.05, 0.1) is 27.1 Å². The molecule has 0 bridgehead atoms. The Bertz CT molecular complexity index is 2190. The van der Waals surface area contributed by atoms with Crippen molar-refractivity contribution < 1.29 is 42.9 Å². The van der Waals surface area contributed by atoms with E-state index in [9.17, 15) is 24.0 Å². The normalized spacial score (nSPS) is 12.1. The van der Waals surface area contributed by atoms with E-state index in [1.54, 1.807) is 11.9 Å². The predicted molar refractivity (Wildman–Crippen MR) is 268 cm³/mol. The van der Waals surface area contributed by atoms with Gasteiger partial charge in [0.25, 0.3) is 0 Å². The van der Waals surface area contributed by atoms with Crippen molar-refractivity contribution in [3.05, 3.63) is 175 Å². The Kier molecular flexibility index (Phi) is 22.8. The molecule has 0 amide bonds. The Morgan fingerprint density at radius 1 is 0.500 bits per heavy atom. The number of carbonyl (C=O) groups excluding carboxylic acids is 5. The van der Waals surface area contributed by atoms with E-state index in [4.69, 9.17) is 14.2 Å². The molecule has 0 saturated heterocycles. The number of carbonyl (C=O) groups is 5. The van der Waals surface area contributed by atoms with Crippen LogP contribution in [0.3, 0.4) is 0 Å². The lowest BCUT2D eigenvalue weighted by atomic mass is 9.96. The molecule has 0 saturated carbocycles. The van der Waals surface area contributed by atoms with Crippen molar-refractivity contribution in [1.82, 2.24) is 0 Å². The summed E-state index contributed by atoms with van der Waals surface area (Å²) in [7, 11) is 2.76. The van der Waals surface area contributed by atoms with Crippen molar-refractivity contribution in [2.24, 2.45) is 11.8 Å². The summed E-state index contributed by atoms with van der Waals surface area (Å²) in [6, 6.07) is 50.6. The van der Waals surface area contributed by atoms with Gasteiger partial charge in [-0.05, 0) is 107 Å². The maximum absolute atomic E-state index is 12.3. The van der Waals surface area contributed by atoms with E-state index in [1.807, 2.05) is 145 Å². The summed E-state index contributed by atoms with van der Waals surface area (Å²) in [5.74, 6) is 0.147. The predicted octanol–water partition coefficient (Wildman–Crippen LogP) is 9.82. The zero-order valence-electron chi connectivity index (χ0n) is 39.8. The van der Waals surface area contributed by atoms with Crippen molar-refractivity contribution in [3.63, 3.8) is 0 Å². The van der Waals surface area contributed by atoms with Gasteiger partial charge in [-0.1, -0.05) is 158 Å². The summed E-state index contributed by atoms with van der Waals surface area (Å²) < 4.78 is 20.2. The summed E-state index contributed by atoms with van der Waals surface area (Å²) in [6.45, 7) is 8.77. The van der Waals surface area contributed by atoms with Crippen LogP contribution >= 0.6 is 6.89 Å². The second-order valence-electron chi connectivity index (χ2n) is 17.5. The summed E-state index contributed by atoms with van der Waals surface area (Å²) in [5.41, 5.74) is 1.38. The van der Waals surface area contributed by atoms with Gasteiger partial charge >= 0.3 is 23.9 Å². The summed E-state index contributed by atoms with van der Waals surface area (Å²) >= 11 is 0.